The molecular weight excluding hydrogens is 345 g/mol. The summed E-state index contributed by atoms with van der Waals surface area (Å²) in [5.74, 6) is -0.766. The van der Waals surface area contributed by atoms with Gasteiger partial charge in [0, 0.05) is 18.5 Å². The van der Waals surface area contributed by atoms with Crippen molar-refractivity contribution < 1.29 is 9.18 Å². The highest BCUT2D eigenvalue weighted by Crippen LogP contribution is 2.30. The molecule has 6 nitrogen and oxygen atoms in total. The van der Waals surface area contributed by atoms with E-state index in [9.17, 15) is 9.18 Å². The SMILES string of the molecule is C#N.NC(=O)c1cn(C2CCCCC2)nc1Nc1ccc(Cl)c(F)c1. The van der Waals surface area contributed by atoms with Crippen LogP contribution in [0.4, 0.5) is 15.9 Å². The van der Waals surface area contributed by atoms with E-state index < -0.39 is 11.7 Å². The molecule has 1 aromatic heterocycles. The fourth-order valence-corrected chi connectivity index (χ4v) is 3.03. The maximum atomic E-state index is 13.5. The van der Waals surface area contributed by atoms with Gasteiger partial charge in [-0.3, -0.25) is 9.48 Å². The minimum Gasteiger partial charge on any atom is -0.365 e. The van der Waals surface area contributed by atoms with Crippen molar-refractivity contribution in [3.63, 3.8) is 0 Å². The molecule has 1 aromatic carbocycles. The van der Waals surface area contributed by atoms with Crippen LogP contribution in [0.1, 0.15) is 48.5 Å². The summed E-state index contributed by atoms with van der Waals surface area (Å²) in [5, 5.41) is 13.9. The van der Waals surface area contributed by atoms with Crippen LogP contribution in [0.5, 0.6) is 0 Å². The maximum absolute atomic E-state index is 13.5. The second-order valence-corrected chi connectivity index (χ2v) is 6.19. The van der Waals surface area contributed by atoms with Crippen LogP contribution in [-0.2, 0) is 0 Å². The molecule has 0 radical (unpaired) electrons. The maximum Gasteiger partial charge on any atom is 0.254 e. The molecule has 25 heavy (non-hydrogen) atoms. The van der Waals surface area contributed by atoms with Gasteiger partial charge >= 0.3 is 0 Å². The number of hydrogen-bond acceptors (Lipinski definition) is 4. The standard InChI is InChI=1S/C16H18ClFN4O.CHN/c17-13-7-6-10(8-14(13)18)20-16-12(15(19)23)9-22(21-16)11-4-2-1-3-5-11;1-2/h6-9,11H,1-5H2,(H2,19,23)(H,20,21);1H. The Morgan fingerprint density at radius 1 is 1.36 bits per heavy atom. The number of rotatable bonds is 4. The quantitative estimate of drug-likeness (QED) is 0.852. The number of nitrogens with two attached hydrogens (primary N) is 1. The summed E-state index contributed by atoms with van der Waals surface area (Å²) in [6.07, 6.45) is 7.29. The number of amides is 1. The smallest absolute Gasteiger partial charge is 0.254 e. The molecule has 1 aliphatic carbocycles. The minimum atomic E-state index is -0.566. The lowest BCUT2D eigenvalue weighted by atomic mass is 9.96. The van der Waals surface area contributed by atoms with E-state index >= 15 is 0 Å². The Labute approximate surface area is 150 Å². The molecular formula is C17H19ClFN5O. The van der Waals surface area contributed by atoms with Gasteiger partial charge in [-0.1, -0.05) is 30.9 Å². The zero-order valence-corrected chi connectivity index (χ0v) is 14.3. The van der Waals surface area contributed by atoms with Crippen molar-refractivity contribution in [3.05, 3.63) is 40.8 Å². The van der Waals surface area contributed by atoms with Gasteiger partial charge in [-0.25, -0.2) is 9.65 Å². The first kappa shape index (κ1) is 18.7. The Morgan fingerprint density at radius 3 is 2.64 bits per heavy atom. The summed E-state index contributed by atoms with van der Waals surface area (Å²) in [4.78, 5) is 11.7. The molecule has 1 saturated carbocycles. The van der Waals surface area contributed by atoms with Crippen LogP contribution >= 0.6 is 11.6 Å². The van der Waals surface area contributed by atoms with E-state index in [4.69, 9.17) is 22.6 Å². The van der Waals surface area contributed by atoms with Gasteiger partial charge in [0.2, 0.25) is 0 Å². The zero-order chi connectivity index (χ0) is 18.4. The number of hydrogen-bond donors (Lipinski definition) is 2. The van der Waals surface area contributed by atoms with Gasteiger partial charge in [-0.05, 0) is 31.0 Å². The Kier molecular flexibility index (Phi) is 6.37. The van der Waals surface area contributed by atoms with Crippen molar-refractivity contribution in [2.24, 2.45) is 5.73 Å². The van der Waals surface area contributed by atoms with Crippen LogP contribution < -0.4 is 11.1 Å². The van der Waals surface area contributed by atoms with Crippen LogP contribution in [0.3, 0.4) is 0 Å². The van der Waals surface area contributed by atoms with Crippen molar-refractivity contribution in [2.45, 2.75) is 38.1 Å². The van der Waals surface area contributed by atoms with Crippen molar-refractivity contribution in [2.75, 3.05) is 5.32 Å². The third-order valence-corrected chi connectivity index (χ3v) is 4.44. The Morgan fingerprint density at radius 2 is 2.04 bits per heavy atom. The molecule has 0 saturated heterocycles. The van der Waals surface area contributed by atoms with Crippen molar-refractivity contribution in [1.82, 2.24) is 9.78 Å². The summed E-state index contributed by atoms with van der Waals surface area (Å²) in [5.41, 5.74) is 6.20. The third-order valence-electron chi connectivity index (χ3n) is 4.13. The predicted octanol–water partition coefficient (Wildman–Crippen LogP) is 4.16. The Hall–Kier alpha value is -2.59. The summed E-state index contributed by atoms with van der Waals surface area (Å²) >= 11 is 5.67. The number of nitriles is 1. The number of benzene rings is 1. The number of carbonyl (C=O) groups is 1. The fourth-order valence-electron chi connectivity index (χ4n) is 2.91. The topological polar surface area (TPSA) is 96.7 Å². The first-order valence-electron chi connectivity index (χ1n) is 7.91. The number of anilines is 2. The number of nitrogens with one attached hydrogen (secondary N) is 1. The van der Waals surface area contributed by atoms with E-state index in [2.05, 4.69) is 17.0 Å². The van der Waals surface area contributed by atoms with Crippen molar-refractivity contribution in [1.29, 1.82) is 5.26 Å². The molecule has 0 aliphatic heterocycles. The molecule has 1 amide bonds. The van der Waals surface area contributed by atoms with Crippen LogP contribution in [0, 0.1) is 17.7 Å². The van der Waals surface area contributed by atoms with E-state index in [0.29, 0.717) is 17.1 Å². The van der Waals surface area contributed by atoms with Gasteiger partial charge in [0.05, 0.1) is 11.1 Å². The number of carbonyl (C=O) groups excluding carboxylic acids is 1. The van der Waals surface area contributed by atoms with Gasteiger partial charge < -0.3 is 11.1 Å². The average molecular weight is 364 g/mol. The van der Waals surface area contributed by atoms with Crippen LogP contribution in [0.15, 0.2) is 24.4 Å². The fraction of sp³-hybridized carbons (Fsp3) is 0.353. The number of halogens is 2. The van der Waals surface area contributed by atoms with E-state index in [1.54, 1.807) is 16.9 Å². The highest BCUT2D eigenvalue weighted by molar-refractivity contribution is 6.30. The van der Waals surface area contributed by atoms with Gasteiger partial charge in [-0.15, -0.1) is 0 Å². The molecule has 2 aromatic rings. The first-order valence-corrected chi connectivity index (χ1v) is 8.29. The van der Waals surface area contributed by atoms with Crippen molar-refractivity contribution >= 4 is 29.0 Å². The third kappa shape index (κ3) is 4.48. The van der Waals surface area contributed by atoms with E-state index in [1.807, 2.05) is 0 Å². The van der Waals surface area contributed by atoms with Crippen molar-refractivity contribution in [3.8, 4) is 6.57 Å². The molecule has 0 spiro atoms. The summed E-state index contributed by atoms with van der Waals surface area (Å²) in [6, 6.07) is 4.60. The number of nitrogens with zero attached hydrogens (tertiary/aromatic N) is 3. The van der Waals surface area contributed by atoms with Crippen LogP contribution in [0.25, 0.3) is 0 Å². The van der Waals surface area contributed by atoms with Gasteiger partial charge in [0.1, 0.15) is 11.4 Å². The molecule has 0 unspecified atom stereocenters. The monoisotopic (exact) mass is 363 g/mol. The lowest BCUT2D eigenvalue weighted by Crippen LogP contribution is -2.14. The summed E-state index contributed by atoms with van der Waals surface area (Å²) in [7, 11) is 0. The number of primary amides is 1. The zero-order valence-electron chi connectivity index (χ0n) is 13.6. The normalized spacial score (nSPS) is 14.4. The molecule has 0 bridgehead atoms. The predicted molar refractivity (Wildman–Crippen MR) is 94.2 cm³/mol. The summed E-state index contributed by atoms with van der Waals surface area (Å²) in [6.45, 7) is 3.50. The summed E-state index contributed by atoms with van der Waals surface area (Å²) < 4.78 is 15.3. The molecule has 1 aliphatic rings. The minimum absolute atomic E-state index is 0.0402. The highest BCUT2D eigenvalue weighted by atomic mass is 35.5. The molecule has 1 heterocycles. The molecule has 132 valence electrons. The van der Waals surface area contributed by atoms with E-state index in [1.165, 1.54) is 18.6 Å². The van der Waals surface area contributed by atoms with Gasteiger partial charge in [-0.2, -0.15) is 5.10 Å². The average Bonchev–Trinajstić information content (AvgIpc) is 3.05. The molecule has 0 atom stereocenters. The first-order chi connectivity index (χ1) is 12.0. The van der Waals surface area contributed by atoms with Crippen LogP contribution in [-0.4, -0.2) is 15.7 Å². The van der Waals surface area contributed by atoms with Gasteiger partial charge in [0.15, 0.2) is 5.82 Å². The lowest BCUT2D eigenvalue weighted by Gasteiger charge is -2.21. The molecule has 3 N–H and O–H groups in total. The second-order valence-electron chi connectivity index (χ2n) is 5.78. The van der Waals surface area contributed by atoms with Gasteiger partial charge in [0.25, 0.3) is 5.91 Å². The second kappa shape index (κ2) is 8.49. The number of aromatic nitrogens is 2. The Balaban J connectivity index is 0.00000109. The van der Waals surface area contributed by atoms with E-state index in [-0.39, 0.29) is 11.1 Å². The lowest BCUT2D eigenvalue weighted by molar-refractivity contribution is 0.100. The van der Waals surface area contributed by atoms with Crippen LogP contribution in [0.2, 0.25) is 5.02 Å². The Bertz CT molecular complexity index is 768. The molecule has 1 fully saturated rings. The largest absolute Gasteiger partial charge is 0.365 e. The van der Waals surface area contributed by atoms with E-state index in [0.717, 1.165) is 25.7 Å². The molecule has 8 heteroatoms. The molecule has 3 rings (SSSR count). The highest BCUT2D eigenvalue weighted by Gasteiger charge is 2.21.